The normalized spacial score (nSPS) is 15.8. The minimum Gasteiger partial charge on any atom is -0.390 e. The molecule has 3 rings (SSSR count). The van der Waals surface area contributed by atoms with Gasteiger partial charge in [-0.1, -0.05) is 12.1 Å². The maximum Gasteiger partial charge on any atom is 0.251 e. The summed E-state index contributed by atoms with van der Waals surface area (Å²) >= 11 is 0. The molecule has 2 N–H and O–H groups in total. The number of nitrogens with one attached hydrogen (secondary N) is 1. The molecule has 1 aliphatic carbocycles. The Hall–Kier alpha value is -2.21. The van der Waals surface area contributed by atoms with Crippen LogP contribution in [0.5, 0.6) is 0 Å². The number of aryl methyl sites for hydroxylation is 2. The number of carbonyl (C=O) groups excluding carboxylic acids is 1. The van der Waals surface area contributed by atoms with Crippen molar-refractivity contribution in [3.8, 4) is 0 Å². The molecule has 1 heterocycles. The van der Waals surface area contributed by atoms with Crippen molar-refractivity contribution in [2.45, 2.75) is 51.2 Å². The molecule has 0 saturated heterocycles. The lowest BCUT2D eigenvalue weighted by molar-refractivity contribution is 0.0714. The van der Waals surface area contributed by atoms with Gasteiger partial charge < -0.3 is 10.4 Å². The van der Waals surface area contributed by atoms with Gasteiger partial charge in [-0.3, -0.25) is 9.48 Å². The Kier molecular flexibility index (Phi) is 4.90. The summed E-state index contributed by atoms with van der Waals surface area (Å²) in [5.41, 5.74) is 0.984. The first-order valence-electron chi connectivity index (χ1n) is 8.79. The highest BCUT2D eigenvalue weighted by molar-refractivity contribution is 5.94. The second-order valence-electron chi connectivity index (χ2n) is 7.54. The fraction of sp³-hybridized carbons (Fsp3) is 0.526. The van der Waals surface area contributed by atoms with Crippen LogP contribution in [-0.2, 0) is 13.5 Å². The number of hydrogen-bond donors (Lipinski definition) is 2. The molecule has 1 atom stereocenters. The molecule has 0 spiro atoms. The summed E-state index contributed by atoms with van der Waals surface area (Å²) in [5.74, 6) is 1.14. The molecule has 1 amide bonds. The zero-order valence-electron chi connectivity index (χ0n) is 15.1. The lowest BCUT2D eigenvalue weighted by Gasteiger charge is -2.18. The molecule has 1 saturated carbocycles. The van der Waals surface area contributed by atoms with Gasteiger partial charge in [0.05, 0.1) is 11.6 Å². The number of hydrogen-bond acceptors (Lipinski definition) is 4. The molecule has 2 aromatic rings. The van der Waals surface area contributed by atoms with Crippen molar-refractivity contribution in [3.63, 3.8) is 0 Å². The quantitative estimate of drug-likeness (QED) is 0.810. The van der Waals surface area contributed by atoms with Crippen molar-refractivity contribution >= 4 is 5.91 Å². The van der Waals surface area contributed by atoms with E-state index in [1.165, 1.54) is 6.33 Å². The highest BCUT2D eigenvalue weighted by atomic mass is 16.3. The monoisotopic (exact) mass is 342 g/mol. The van der Waals surface area contributed by atoms with Gasteiger partial charge in [-0.05, 0) is 63.1 Å². The van der Waals surface area contributed by atoms with Crippen molar-refractivity contribution in [2.75, 3.05) is 0 Å². The molecule has 1 aliphatic rings. The molecule has 0 bridgehead atoms. The van der Waals surface area contributed by atoms with Crippen LogP contribution in [0.25, 0.3) is 0 Å². The van der Waals surface area contributed by atoms with E-state index in [1.807, 2.05) is 31.3 Å². The maximum absolute atomic E-state index is 12.7. The van der Waals surface area contributed by atoms with E-state index in [0.717, 1.165) is 30.7 Å². The van der Waals surface area contributed by atoms with Crippen LogP contribution < -0.4 is 5.32 Å². The summed E-state index contributed by atoms with van der Waals surface area (Å²) in [6, 6.07) is 7.51. The van der Waals surface area contributed by atoms with E-state index in [1.54, 1.807) is 18.5 Å². The SMILES string of the molecule is Cn1ncnc1C(NC(=O)c1cccc(CCC(C)(C)O)c1)C1CC1. The average Bonchev–Trinajstić information content (AvgIpc) is 3.32. The molecule has 25 heavy (non-hydrogen) atoms. The summed E-state index contributed by atoms with van der Waals surface area (Å²) in [5, 5.41) is 17.1. The van der Waals surface area contributed by atoms with Crippen molar-refractivity contribution in [2.24, 2.45) is 13.0 Å². The van der Waals surface area contributed by atoms with Gasteiger partial charge in [0.2, 0.25) is 0 Å². The predicted octanol–water partition coefficient (Wildman–Crippen LogP) is 2.40. The van der Waals surface area contributed by atoms with Crippen LogP contribution in [-0.4, -0.2) is 31.4 Å². The van der Waals surface area contributed by atoms with E-state index >= 15 is 0 Å². The van der Waals surface area contributed by atoms with E-state index in [9.17, 15) is 9.90 Å². The number of aliphatic hydroxyl groups is 1. The second kappa shape index (κ2) is 6.96. The minimum absolute atomic E-state index is 0.0926. The summed E-state index contributed by atoms with van der Waals surface area (Å²) in [6.45, 7) is 3.59. The molecule has 1 unspecified atom stereocenters. The largest absolute Gasteiger partial charge is 0.390 e. The second-order valence-corrected chi connectivity index (χ2v) is 7.54. The zero-order valence-corrected chi connectivity index (χ0v) is 15.1. The first-order valence-corrected chi connectivity index (χ1v) is 8.79. The smallest absolute Gasteiger partial charge is 0.251 e. The number of aromatic nitrogens is 3. The lowest BCUT2D eigenvalue weighted by atomic mass is 9.97. The molecule has 6 nitrogen and oxygen atoms in total. The molecular formula is C19H26N4O2. The summed E-state index contributed by atoms with van der Waals surface area (Å²) < 4.78 is 1.73. The van der Waals surface area contributed by atoms with E-state index in [2.05, 4.69) is 15.4 Å². The Bertz CT molecular complexity index is 744. The Morgan fingerprint density at radius 3 is 2.80 bits per heavy atom. The van der Waals surface area contributed by atoms with Crippen LogP contribution in [0.4, 0.5) is 0 Å². The van der Waals surface area contributed by atoms with E-state index in [0.29, 0.717) is 17.9 Å². The third-order valence-electron chi connectivity index (χ3n) is 4.62. The Morgan fingerprint density at radius 1 is 1.44 bits per heavy atom. The van der Waals surface area contributed by atoms with Crippen molar-refractivity contribution in [3.05, 3.63) is 47.5 Å². The highest BCUT2D eigenvalue weighted by Crippen LogP contribution is 2.40. The topological polar surface area (TPSA) is 80.0 Å². The number of rotatable bonds is 7. The maximum atomic E-state index is 12.7. The van der Waals surface area contributed by atoms with E-state index in [4.69, 9.17) is 0 Å². The Balaban J connectivity index is 1.71. The molecular weight excluding hydrogens is 316 g/mol. The number of benzene rings is 1. The molecule has 134 valence electrons. The summed E-state index contributed by atoms with van der Waals surface area (Å²) in [4.78, 5) is 17.0. The number of carbonyl (C=O) groups is 1. The van der Waals surface area contributed by atoms with Crippen LogP contribution >= 0.6 is 0 Å². The molecule has 0 radical (unpaired) electrons. The van der Waals surface area contributed by atoms with Crippen LogP contribution in [0.2, 0.25) is 0 Å². The lowest BCUT2D eigenvalue weighted by Crippen LogP contribution is -2.31. The summed E-state index contributed by atoms with van der Waals surface area (Å²) in [6.07, 6.45) is 5.11. The van der Waals surface area contributed by atoms with Gasteiger partial charge in [0, 0.05) is 12.6 Å². The number of nitrogens with zero attached hydrogens (tertiary/aromatic N) is 3. The van der Waals surface area contributed by atoms with Crippen LogP contribution in [0, 0.1) is 5.92 Å². The van der Waals surface area contributed by atoms with Gasteiger partial charge in [-0.2, -0.15) is 5.10 Å². The molecule has 1 fully saturated rings. The van der Waals surface area contributed by atoms with Crippen LogP contribution in [0.3, 0.4) is 0 Å². The Morgan fingerprint density at radius 2 is 2.20 bits per heavy atom. The standard InChI is InChI=1S/C19H26N4O2/c1-19(2,25)10-9-13-5-4-6-15(11-13)18(24)22-16(14-7-8-14)17-20-12-21-23(17)3/h4-6,11-12,14,16,25H,7-10H2,1-3H3,(H,22,24). The summed E-state index contributed by atoms with van der Waals surface area (Å²) in [7, 11) is 1.85. The highest BCUT2D eigenvalue weighted by Gasteiger charge is 2.36. The van der Waals surface area contributed by atoms with Gasteiger partial charge in [0.15, 0.2) is 0 Å². The van der Waals surface area contributed by atoms with Gasteiger partial charge in [0.1, 0.15) is 12.2 Å². The molecule has 1 aromatic carbocycles. The zero-order chi connectivity index (χ0) is 18.0. The van der Waals surface area contributed by atoms with E-state index in [-0.39, 0.29) is 11.9 Å². The number of amides is 1. The first-order chi connectivity index (χ1) is 11.8. The Labute approximate surface area is 148 Å². The van der Waals surface area contributed by atoms with Gasteiger partial charge >= 0.3 is 0 Å². The van der Waals surface area contributed by atoms with Gasteiger partial charge in [0.25, 0.3) is 5.91 Å². The first kappa shape index (κ1) is 17.6. The van der Waals surface area contributed by atoms with Crippen LogP contribution in [0.1, 0.15) is 60.9 Å². The minimum atomic E-state index is -0.708. The van der Waals surface area contributed by atoms with Crippen molar-refractivity contribution in [1.82, 2.24) is 20.1 Å². The fourth-order valence-electron chi connectivity index (χ4n) is 2.95. The van der Waals surface area contributed by atoms with Crippen molar-refractivity contribution in [1.29, 1.82) is 0 Å². The third kappa shape index (κ3) is 4.66. The van der Waals surface area contributed by atoms with Crippen molar-refractivity contribution < 1.29 is 9.90 Å². The average molecular weight is 342 g/mol. The van der Waals surface area contributed by atoms with Crippen LogP contribution in [0.15, 0.2) is 30.6 Å². The third-order valence-corrected chi connectivity index (χ3v) is 4.62. The molecule has 6 heteroatoms. The van der Waals surface area contributed by atoms with Gasteiger partial charge in [-0.15, -0.1) is 0 Å². The van der Waals surface area contributed by atoms with Gasteiger partial charge in [-0.25, -0.2) is 4.98 Å². The molecule has 1 aromatic heterocycles. The van der Waals surface area contributed by atoms with E-state index < -0.39 is 5.60 Å². The molecule has 0 aliphatic heterocycles. The fourth-order valence-corrected chi connectivity index (χ4v) is 2.95. The predicted molar refractivity (Wildman–Crippen MR) is 95.0 cm³/mol.